The molecule has 1 unspecified atom stereocenters. The van der Waals surface area contributed by atoms with Crippen LogP contribution in [-0.4, -0.2) is 45.4 Å². The van der Waals surface area contributed by atoms with Crippen molar-refractivity contribution in [2.45, 2.75) is 19.4 Å². The van der Waals surface area contributed by atoms with Gasteiger partial charge in [-0.05, 0) is 6.42 Å². The third kappa shape index (κ3) is 5.85. The van der Waals surface area contributed by atoms with Crippen LogP contribution in [0.3, 0.4) is 0 Å². The molecule has 7 nitrogen and oxygen atoms in total. The highest BCUT2D eigenvalue weighted by Crippen LogP contribution is 2.43. The second-order valence-electron chi connectivity index (χ2n) is 3.73. The molecule has 3 atom stereocenters. The summed E-state index contributed by atoms with van der Waals surface area (Å²) in [6, 6.07) is -1.19. The van der Waals surface area contributed by atoms with Gasteiger partial charge in [0, 0.05) is 12.3 Å². The molecule has 0 saturated carbocycles. The minimum atomic E-state index is -3.62. The minimum Gasteiger partial charge on any atom is -0.481 e. The monoisotopic (exact) mass is 253 g/mol. The van der Waals surface area contributed by atoms with E-state index in [1.807, 2.05) is 0 Å². The summed E-state index contributed by atoms with van der Waals surface area (Å²) in [6.07, 6.45) is -0.789. The average Bonchev–Trinajstić information content (AvgIpc) is 2.13. The Balaban J connectivity index is 4.20. The Morgan fingerprint density at radius 3 is 2.19 bits per heavy atom. The minimum absolute atomic E-state index is 0.143. The first-order valence-corrected chi connectivity index (χ1v) is 6.71. The van der Waals surface area contributed by atoms with Gasteiger partial charge in [-0.3, -0.25) is 14.2 Å². The van der Waals surface area contributed by atoms with Crippen molar-refractivity contribution in [3.8, 4) is 0 Å². The SMILES string of the molecule is C[C@H](CP(=O)(O)CC[C@H](N)C(=O)O)C(=O)O. The lowest BCUT2D eigenvalue weighted by molar-refractivity contribution is -0.140. The number of aliphatic carboxylic acids is 2. The first kappa shape index (κ1) is 15.1. The van der Waals surface area contributed by atoms with Crippen LogP contribution >= 0.6 is 7.37 Å². The van der Waals surface area contributed by atoms with Gasteiger partial charge in [0.1, 0.15) is 6.04 Å². The lowest BCUT2D eigenvalue weighted by Crippen LogP contribution is -2.31. The van der Waals surface area contributed by atoms with Crippen molar-refractivity contribution in [2.24, 2.45) is 11.7 Å². The Bertz CT molecular complexity index is 318. The summed E-state index contributed by atoms with van der Waals surface area (Å²) in [5.74, 6) is -3.33. The molecule has 8 heteroatoms. The molecule has 16 heavy (non-hydrogen) atoms. The van der Waals surface area contributed by atoms with Crippen LogP contribution in [0.15, 0.2) is 0 Å². The van der Waals surface area contributed by atoms with E-state index >= 15 is 0 Å². The van der Waals surface area contributed by atoms with Crippen molar-refractivity contribution in [1.82, 2.24) is 0 Å². The fourth-order valence-corrected chi connectivity index (χ4v) is 2.94. The first-order chi connectivity index (χ1) is 7.15. The molecule has 0 aromatic rings. The molecule has 0 spiro atoms. The fraction of sp³-hybridized carbons (Fsp3) is 0.750. The Morgan fingerprint density at radius 1 is 1.31 bits per heavy atom. The maximum Gasteiger partial charge on any atom is 0.320 e. The number of nitrogens with two attached hydrogens (primary N) is 1. The molecule has 0 fully saturated rings. The number of rotatable bonds is 7. The van der Waals surface area contributed by atoms with Crippen LogP contribution in [0.5, 0.6) is 0 Å². The molecule has 0 aliphatic rings. The molecule has 0 aromatic heterocycles. The van der Waals surface area contributed by atoms with E-state index in [0.29, 0.717) is 0 Å². The summed E-state index contributed by atoms with van der Waals surface area (Å²) in [6.45, 7) is 1.32. The standard InChI is InChI=1S/C8H16NO6P/c1-5(7(10)11)4-16(14,15)3-2-6(9)8(12)13/h5-6H,2-4,9H2,1H3,(H,10,11)(H,12,13)(H,14,15)/t5-,6+/m1/s1. The van der Waals surface area contributed by atoms with Crippen LogP contribution in [0.4, 0.5) is 0 Å². The maximum absolute atomic E-state index is 11.5. The Labute approximate surface area is 92.7 Å². The summed E-state index contributed by atoms with van der Waals surface area (Å²) < 4.78 is 11.5. The topological polar surface area (TPSA) is 138 Å². The van der Waals surface area contributed by atoms with Gasteiger partial charge in [0.25, 0.3) is 0 Å². The average molecular weight is 253 g/mol. The van der Waals surface area contributed by atoms with Crippen molar-refractivity contribution in [3.05, 3.63) is 0 Å². The predicted molar refractivity (Wildman–Crippen MR) is 56.6 cm³/mol. The zero-order valence-electron chi connectivity index (χ0n) is 8.87. The van der Waals surface area contributed by atoms with Gasteiger partial charge in [-0.1, -0.05) is 6.92 Å². The zero-order valence-corrected chi connectivity index (χ0v) is 9.76. The quantitative estimate of drug-likeness (QED) is 0.460. The molecule has 0 bridgehead atoms. The van der Waals surface area contributed by atoms with E-state index in [2.05, 4.69) is 0 Å². The molecular formula is C8H16NO6P. The van der Waals surface area contributed by atoms with Gasteiger partial charge in [0.05, 0.1) is 5.92 Å². The summed E-state index contributed by atoms with van der Waals surface area (Å²) >= 11 is 0. The van der Waals surface area contributed by atoms with Crippen molar-refractivity contribution in [2.75, 3.05) is 12.3 Å². The van der Waals surface area contributed by atoms with Gasteiger partial charge in [-0.15, -0.1) is 0 Å². The molecule has 0 aromatic carbocycles. The molecule has 0 heterocycles. The van der Waals surface area contributed by atoms with E-state index in [4.69, 9.17) is 15.9 Å². The van der Waals surface area contributed by atoms with E-state index in [-0.39, 0.29) is 18.7 Å². The highest BCUT2D eigenvalue weighted by atomic mass is 31.2. The fourth-order valence-electron chi connectivity index (χ4n) is 1.06. The molecule has 5 N–H and O–H groups in total. The number of hydrogen-bond acceptors (Lipinski definition) is 4. The van der Waals surface area contributed by atoms with Crippen LogP contribution in [-0.2, 0) is 14.2 Å². The molecule has 0 radical (unpaired) electrons. The highest BCUT2D eigenvalue weighted by molar-refractivity contribution is 7.58. The maximum atomic E-state index is 11.5. The van der Waals surface area contributed by atoms with Crippen LogP contribution in [0, 0.1) is 5.92 Å². The Kier molecular flexibility index (Phi) is 5.64. The molecule has 0 rings (SSSR count). The lowest BCUT2D eigenvalue weighted by Gasteiger charge is -2.15. The number of carboxylic acid groups (broad SMARTS) is 2. The Morgan fingerprint density at radius 2 is 1.81 bits per heavy atom. The highest BCUT2D eigenvalue weighted by Gasteiger charge is 2.27. The number of hydrogen-bond donors (Lipinski definition) is 4. The smallest absolute Gasteiger partial charge is 0.320 e. The summed E-state index contributed by atoms with van der Waals surface area (Å²) in [5.41, 5.74) is 5.17. The molecule has 0 saturated heterocycles. The van der Waals surface area contributed by atoms with E-state index in [1.54, 1.807) is 0 Å². The normalized spacial score (nSPS) is 18.4. The third-order valence-electron chi connectivity index (χ3n) is 2.09. The predicted octanol–water partition coefficient (Wildman–Crippen LogP) is -0.220. The van der Waals surface area contributed by atoms with Crippen molar-refractivity contribution in [1.29, 1.82) is 0 Å². The van der Waals surface area contributed by atoms with Gasteiger partial charge in [0.15, 0.2) is 0 Å². The molecule has 0 amide bonds. The summed E-state index contributed by atoms with van der Waals surface area (Å²) in [4.78, 5) is 30.2. The largest absolute Gasteiger partial charge is 0.481 e. The van der Waals surface area contributed by atoms with Crippen LogP contribution in [0.2, 0.25) is 0 Å². The van der Waals surface area contributed by atoms with Crippen LogP contribution < -0.4 is 5.73 Å². The lowest BCUT2D eigenvalue weighted by atomic mass is 10.2. The number of carboxylic acids is 2. The van der Waals surface area contributed by atoms with Crippen molar-refractivity contribution < 1.29 is 29.3 Å². The molecular weight excluding hydrogens is 237 g/mol. The van der Waals surface area contributed by atoms with Gasteiger partial charge < -0.3 is 20.8 Å². The van der Waals surface area contributed by atoms with E-state index in [1.165, 1.54) is 6.92 Å². The van der Waals surface area contributed by atoms with E-state index < -0.39 is 31.3 Å². The van der Waals surface area contributed by atoms with Crippen LogP contribution in [0.25, 0.3) is 0 Å². The summed E-state index contributed by atoms with van der Waals surface area (Å²) in [7, 11) is -3.62. The van der Waals surface area contributed by atoms with Crippen molar-refractivity contribution in [3.63, 3.8) is 0 Å². The second-order valence-corrected chi connectivity index (χ2v) is 6.23. The van der Waals surface area contributed by atoms with Gasteiger partial charge in [0.2, 0.25) is 7.37 Å². The Hall–Kier alpha value is -0.910. The van der Waals surface area contributed by atoms with Gasteiger partial charge in [-0.2, -0.15) is 0 Å². The molecule has 0 aliphatic carbocycles. The zero-order chi connectivity index (χ0) is 12.9. The molecule has 94 valence electrons. The summed E-state index contributed by atoms with van der Waals surface area (Å²) in [5, 5.41) is 17.0. The first-order valence-electron chi connectivity index (χ1n) is 4.68. The van der Waals surface area contributed by atoms with E-state index in [0.717, 1.165) is 0 Å². The number of carbonyl (C=O) groups is 2. The second kappa shape index (κ2) is 5.98. The third-order valence-corrected chi connectivity index (χ3v) is 4.16. The molecule has 0 aliphatic heterocycles. The van der Waals surface area contributed by atoms with Gasteiger partial charge in [-0.25, -0.2) is 0 Å². The van der Waals surface area contributed by atoms with E-state index in [9.17, 15) is 19.0 Å². The van der Waals surface area contributed by atoms with Crippen molar-refractivity contribution >= 4 is 19.3 Å². The van der Waals surface area contributed by atoms with Crippen LogP contribution in [0.1, 0.15) is 13.3 Å². The van der Waals surface area contributed by atoms with Gasteiger partial charge >= 0.3 is 11.9 Å².